The summed E-state index contributed by atoms with van der Waals surface area (Å²) < 4.78 is 1.13. The first-order valence-electron chi connectivity index (χ1n) is 7.41. The third-order valence-corrected chi connectivity index (χ3v) is 4.31. The van der Waals surface area contributed by atoms with Crippen LogP contribution in [0.1, 0.15) is 44.4 Å². The molecule has 21 heavy (non-hydrogen) atoms. The van der Waals surface area contributed by atoms with E-state index in [4.69, 9.17) is 9.97 Å². The Balaban J connectivity index is 2.53. The lowest BCUT2D eigenvalue weighted by molar-refractivity contribution is 0.807. The molecule has 1 N–H and O–H groups in total. The van der Waals surface area contributed by atoms with Crippen molar-refractivity contribution in [1.29, 1.82) is 0 Å². The molecular formula is C17H22IN3. The second kappa shape index (κ2) is 7.20. The molecule has 0 saturated heterocycles. The van der Waals surface area contributed by atoms with Crippen molar-refractivity contribution in [3.05, 3.63) is 39.1 Å². The highest BCUT2D eigenvalue weighted by Gasteiger charge is 2.15. The fourth-order valence-corrected chi connectivity index (χ4v) is 3.18. The van der Waals surface area contributed by atoms with Crippen molar-refractivity contribution in [3.63, 3.8) is 0 Å². The molecule has 0 aliphatic carbocycles. The Hall–Kier alpha value is -1.17. The molecule has 1 aromatic heterocycles. The summed E-state index contributed by atoms with van der Waals surface area (Å²) in [6, 6.07) is 8.36. The van der Waals surface area contributed by atoms with E-state index in [0.29, 0.717) is 5.92 Å². The normalized spacial score (nSPS) is 11.0. The van der Waals surface area contributed by atoms with Crippen LogP contribution in [0.2, 0.25) is 0 Å². The predicted octanol–water partition coefficient (Wildman–Crippen LogP) is 5.00. The van der Waals surface area contributed by atoms with Crippen LogP contribution in [0.4, 0.5) is 5.82 Å². The number of nitrogens with one attached hydrogen (secondary N) is 1. The van der Waals surface area contributed by atoms with E-state index in [-0.39, 0.29) is 0 Å². The van der Waals surface area contributed by atoms with Crippen molar-refractivity contribution in [2.75, 3.05) is 11.9 Å². The Morgan fingerprint density at radius 3 is 2.62 bits per heavy atom. The molecule has 0 aliphatic rings. The first kappa shape index (κ1) is 16.2. The SMILES string of the molecule is CCCNc1nc(-c2cccc(C)c2)nc(C(C)C)c1I. The minimum atomic E-state index is 0.380. The van der Waals surface area contributed by atoms with Gasteiger partial charge in [0.1, 0.15) is 5.82 Å². The van der Waals surface area contributed by atoms with Crippen molar-refractivity contribution < 1.29 is 0 Å². The maximum Gasteiger partial charge on any atom is 0.161 e. The quantitative estimate of drug-likeness (QED) is 0.724. The van der Waals surface area contributed by atoms with Crippen LogP contribution in [0, 0.1) is 10.5 Å². The van der Waals surface area contributed by atoms with Gasteiger partial charge in [0.2, 0.25) is 0 Å². The number of anilines is 1. The van der Waals surface area contributed by atoms with Crippen LogP contribution in [0.3, 0.4) is 0 Å². The van der Waals surface area contributed by atoms with E-state index in [1.165, 1.54) is 5.56 Å². The van der Waals surface area contributed by atoms with Gasteiger partial charge in [-0.15, -0.1) is 0 Å². The smallest absolute Gasteiger partial charge is 0.161 e. The largest absolute Gasteiger partial charge is 0.369 e. The molecule has 0 bridgehead atoms. The van der Waals surface area contributed by atoms with Crippen LogP contribution in [0.25, 0.3) is 11.4 Å². The van der Waals surface area contributed by atoms with Gasteiger partial charge in [0.05, 0.1) is 9.26 Å². The summed E-state index contributed by atoms with van der Waals surface area (Å²) >= 11 is 2.35. The minimum Gasteiger partial charge on any atom is -0.369 e. The van der Waals surface area contributed by atoms with Gasteiger partial charge in [-0.25, -0.2) is 9.97 Å². The molecule has 1 heterocycles. The minimum absolute atomic E-state index is 0.380. The molecule has 0 saturated carbocycles. The van der Waals surface area contributed by atoms with Gasteiger partial charge in [0.25, 0.3) is 0 Å². The number of hydrogen-bond donors (Lipinski definition) is 1. The zero-order chi connectivity index (χ0) is 15.4. The van der Waals surface area contributed by atoms with Gasteiger partial charge in [0, 0.05) is 12.1 Å². The van der Waals surface area contributed by atoms with Crippen molar-refractivity contribution in [2.45, 2.75) is 40.0 Å². The molecule has 0 fully saturated rings. The van der Waals surface area contributed by atoms with Gasteiger partial charge in [-0.3, -0.25) is 0 Å². The van der Waals surface area contributed by atoms with Gasteiger partial charge in [-0.2, -0.15) is 0 Å². The summed E-state index contributed by atoms with van der Waals surface area (Å²) in [5, 5.41) is 3.42. The van der Waals surface area contributed by atoms with Gasteiger partial charge in [-0.1, -0.05) is 44.5 Å². The van der Waals surface area contributed by atoms with Crippen LogP contribution in [-0.4, -0.2) is 16.5 Å². The van der Waals surface area contributed by atoms with E-state index >= 15 is 0 Å². The van der Waals surface area contributed by atoms with E-state index in [2.05, 4.69) is 79.9 Å². The molecule has 0 spiro atoms. The summed E-state index contributed by atoms with van der Waals surface area (Å²) in [6.45, 7) is 9.53. The Labute approximate surface area is 140 Å². The van der Waals surface area contributed by atoms with Crippen molar-refractivity contribution in [3.8, 4) is 11.4 Å². The van der Waals surface area contributed by atoms with Gasteiger partial charge in [0.15, 0.2) is 5.82 Å². The first-order chi connectivity index (χ1) is 10.0. The third-order valence-electron chi connectivity index (χ3n) is 3.24. The van der Waals surface area contributed by atoms with Crippen LogP contribution in [-0.2, 0) is 0 Å². The third kappa shape index (κ3) is 3.93. The fourth-order valence-electron chi connectivity index (χ4n) is 2.12. The molecule has 0 unspecified atom stereocenters. The Bertz CT molecular complexity index is 623. The van der Waals surface area contributed by atoms with Crippen LogP contribution >= 0.6 is 22.6 Å². The monoisotopic (exact) mass is 395 g/mol. The average Bonchev–Trinajstić information content (AvgIpc) is 2.46. The molecule has 0 aliphatic heterocycles. The standard InChI is InChI=1S/C17H22IN3/c1-5-9-19-17-14(18)15(11(2)3)20-16(21-17)13-8-6-7-12(4)10-13/h6-8,10-11H,5,9H2,1-4H3,(H,19,20,21). The number of halogens is 1. The molecule has 3 nitrogen and oxygen atoms in total. The highest BCUT2D eigenvalue weighted by Crippen LogP contribution is 2.28. The number of nitrogens with zero attached hydrogens (tertiary/aromatic N) is 2. The first-order valence-corrected chi connectivity index (χ1v) is 8.49. The van der Waals surface area contributed by atoms with Crippen LogP contribution in [0.15, 0.2) is 24.3 Å². The van der Waals surface area contributed by atoms with Gasteiger partial charge in [-0.05, 0) is 47.9 Å². The van der Waals surface area contributed by atoms with Crippen LogP contribution in [0.5, 0.6) is 0 Å². The summed E-state index contributed by atoms with van der Waals surface area (Å²) in [7, 11) is 0. The molecule has 0 radical (unpaired) electrons. The lowest BCUT2D eigenvalue weighted by Crippen LogP contribution is -2.10. The molecular weight excluding hydrogens is 373 g/mol. The molecule has 1 aromatic carbocycles. The lowest BCUT2D eigenvalue weighted by Gasteiger charge is -2.15. The zero-order valence-electron chi connectivity index (χ0n) is 13.1. The number of hydrogen-bond acceptors (Lipinski definition) is 3. The number of aromatic nitrogens is 2. The molecule has 2 aromatic rings. The highest BCUT2D eigenvalue weighted by atomic mass is 127. The van der Waals surface area contributed by atoms with Gasteiger partial charge < -0.3 is 5.32 Å². The van der Waals surface area contributed by atoms with E-state index < -0.39 is 0 Å². The Morgan fingerprint density at radius 1 is 1.24 bits per heavy atom. The van der Waals surface area contributed by atoms with E-state index in [1.54, 1.807) is 0 Å². The molecule has 112 valence electrons. The zero-order valence-corrected chi connectivity index (χ0v) is 15.2. The fraction of sp³-hybridized carbons (Fsp3) is 0.412. The second-order valence-corrected chi connectivity index (χ2v) is 6.62. The molecule has 0 amide bonds. The predicted molar refractivity (Wildman–Crippen MR) is 97.8 cm³/mol. The molecule has 0 atom stereocenters. The lowest BCUT2D eigenvalue weighted by atomic mass is 10.1. The number of aryl methyl sites for hydroxylation is 1. The topological polar surface area (TPSA) is 37.8 Å². The summed E-state index contributed by atoms with van der Waals surface area (Å²) in [6.07, 6.45) is 1.08. The Kier molecular flexibility index (Phi) is 5.56. The van der Waals surface area contributed by atoms with Crippen molar-refractivity contribution >= 4 is 28.4 Å². The highest BCUT2D eigenvalue weighted by molar-refractivity contribution is 14.1. The number of rotatable bonds is 5. The summed E-state index contributed by atoms with van der Waals surface area (Å²) in [5.74, 6) is 2.14. The molecule has 2 rings (SSSR count). The van der Waals surface area contributed by atoms with E-state index in [0.717, 1.165) is 39.4 Å². The second-order valence-electron chi connectivity index (χ2n) is 5.55. The van der Waals surface area contributed by atoms with Crippen LogP contribution < -0.4 is 5.32 Å². The number of benzene rings is 1. The Morgan fingerprint density at radius 2 is 2.00 bits per heavy atom. The van der Waals surface area contributed by atoms with Crippen molar-refractivity contribution in [1.82, 2.24) is 9.97 Å². The average molecular weight is 395 g/mol. The van der Waals surface area contributed by atoms with Crippen molar-refractivity contribution in [2.24, 2.45) is 0 Å². The van der Waals surface area contributed by atoms with Gasteiger partial charge >= 0.3 is 0 Å². The maximum absolute atomic E-state index is 4.79. The summed E-state index contributed by atoms with van der Waals surface area (Å²) in [4.78, 5) is 9.53. The van der Waals surface area contributed by atoms with E-state index in [9.17, 15) is 0 Å². The maximum atomic E-state index is 4.79. The van der Waals surface area contributed by atoms with E-state index in [1.807, 2.05) is 0 Å². The molecule has 4 heteroatoms. The summed E-state index contributed by atoms with van der Waals surface area (Å²) in [5.41, 5.74) is 3.41.